The van der Waals surface area contributed by atoms with E-state index < -0.39 is 0 Å². The van der Waals surface area contributed by atoms with Gasteiger partial charge in [-0.15, -0.1) is 11.3 Å². The van der Waals surface area contributed by atoms with E-state index in [2.05, 4.69) is 44.8 Å². The average molecular weight is 300 g/mol. The molecule has 3 aromatic rings. The summed E-state index contributed by atoms with van der Waals surface area (Å²) in [5, 5.41) is 4.34. The highest BCUT2D eigenvalue weighted by Gasteiger charge is 2.10. The summed E-state index contributed by atoms with van der Waals surface area (Å²) in [4.78, 5) is 15.1. The van der Waals surface area contributed by atoms with E-state index in [1.54, 1.807) is 11.3 Å². The number of pyridine rings is 1. The molecule has 0 radical (unpaired) electrons. The van der Waals surface area contributed by atoms with Crippen LogP contribution in [0.3, 0.4) is 0 Å². The minimum absolute atomic E-state index is 0.411. The van der Waals surface area contributed by atoms with Crippen LogP contribution < -0.4 is 16.6 Å². The Kier molecular flexibility index (Phi) is 3.68. The molecule has 3 rings (SSSR count). The molecular formula is C14H16N6S. The van der Waals surface area contributed by atoms with Crippen LogP contribution in [0.15, 0.2) is 24.4 Å². The number of hydrogen-bond acceptors (Lipinski definition) is 7. The first-order valence-electron chi connectivity index (χ1n) is 6.56. The molecule has 7 heteroatoms. The third kappa shape index (κ3) is 2.93. The summed E-state index contributed by atoms with van der Waals surface area (Å²) in [5.41, 5.74) is 4.61. The molecule has 0 aliphatic rings. The van der Waals surface area contributed by atoms with E-state index in [4.69, 9.17) is 5.84 Å². The van der Waals surface area contributed by atoms with E-state index in [0.717, 1.165) is 27.3 Å². The minimum atomic E-state index is 0.411. The van der Waals surface area contributed by atoms with Crippen LogP contribution in [0, 0.1) is 13.8 Å². The van der Waals surface area contributed by atoms with Crippen molar-refractivity contribution < 1.29 is 0 Å². The molecule has 21 heavy (non-hydrogen) atoms. The number of nitrogens with two attached hydrogens (primary N) is 1. The van der Waals surface area contributed by atoms with Gasteiger partial charge in [-0.05, 0) is 31.5 Å². The van der Waals surface area contributed by atoms with Crippen LogP contribution in [0.5, 0.6) is 0 Å². The third-order valence-corrected chi connectivity index (χ3v) is 4.02. The first-order chi connectivity index (χ1) is 10.2. The predicted octanol–water partition coefficient (Wildman–Crippen LogP) is 2.60. The molecule has 0 spiro atoms. The van der Waals surface area contributed by atoms with Gasteiger partial charge in [0.25, 0.3) is 0 Å². The Balaban J connectivity index is 1.90. The van der Waals surface area contributed by atoms with Crippen molar-refractivity contribution in [3.63, 3.8) is 0 Å². The first-order valence-corrected chi connectivity index (χ1v) is 7.37. The lowest BCUT2D eigenvalue weighted by Gasteiger charge is -2.08. The second-order valence-corrected chi connectivity index (χ2v) is 6.01. The summed E-state index contributed by atoms with van der Waals surface area (Å²) >= 11 is 1.62. The van der Waals surface area contributed by atoms with Crippen LogP contribution in [-0.4, -0.2) is 15.0 Å². The summed E-state index contributed by atoms with van der Waals surface area (Å²) in [5.74, 6) is 6.62. The maximum Gasteiger partial charge on any atom is 0.240 e. The fourth-order valence-corrected chi connectivity index (χ4v) is 2.91. The van der Waals surface area contributed by atoms with Gasteiger partial charge < -0.3 is 5.32 Å². The topological polar surface area (TPSA) is 88.8 Å². The molecule has 0 aliphatic heterocycles. The Morgan fingerprint density at radius 2 is 2.10 bits per heavy atom. The SMILES string of the molecule is Cc1ccc(CNc2nc(NN)nc3sc(C)cc23)cn1. The zero-order chi connectivity index (χ0) is 14.8. The number of aromatic nitrogens is 3. The number of hydrazine groups is 1. The Morgan fingerprint density at radius 1 is 1.24 bits per heavy atom. The fourth-order valence-electron chi connectivity index (χ4n) is 2.03. The monoisotopic (exact) mass is 300 g/mol. The second-order valence-electron chi connectivity index (χ2n) is 4.78. The van der Waals surface area contributed by atoms with Crippen molar-refractivity contribution in [2.75, 3.05) is 10.7 Å². The molecule has 0 fully saturated rings. The lowest BCUT2D eigenvalue weighted by molar-refractivity contribution is 1.06. The normalized spacial score (nSPS) is 10.8. The van der Waals surface area contributed by atoms with Gasteiger partial charge in [-0.1, -0.05) is 6.07 Å². The van der Waals surface area contributed by atoms with Crippen LogP contribution >= 0.6 is 11.3 Å². The van der Waals surface area contributed by atoms with Crippen LogP contribution in [0.25, 0.3) is 10.2 Å². The molecule has 0 bridgehead atoms. The van der Waals surface area contributed by atoms with Crippen molar-refractivity contribution in [2.24, 2.45) is 5.84 Å². The molecule has 0 aliphatic carbocycles. The number of nitrogens with one attached hydrogen (secondary N) is 2. The zero-order valence-corrected chi connectivity index (χ0v) is 12.7. The molecule has 0 saturated heterocycles. The third-order valence-electron chi connectivity index (χ3n) is 3.08. The average Bonchev–Trinajstić information content (AvgIpc) is 2.86. The zero-order valence-electron chi connectivity index (χ0n) is 11.8. The number of nitrogens with zero attached hydrogens (tertiary/aromatic N) is 3. The van der Waals surface area contributed by atoms with Gasteiger partial charge in [0.15, 0.2) is 0 Å². The van der Waals surface area contributed by atoms with Gasteiger partial charge in [0.05, 0.1) is 5.39 Å². The number of anilines is 2. The van der Waals surface area contributed by atoms with E-state index in [0.29, 0.717) is 12.5 Å². The Hall–Kier alpha value is -2.25. The smallest absolute Gasteiger partial charge is 0.240 e. The highest BCUT2D eigenvalue weighted by Crippen LogP contribution is 2.29. The summed E-state index contributed by atoms with van der Waals surface area (Å²) in [6.07, 6.45) is 1.86. The standard InChI is InChI=1S/C14H16N6S/c1-8-3-4-10(6-16-8)7-17-12-11-5-9(2)21-13(11)19-14(18-12)20-15/h3-6H,7,15H2,1-2H3,(H2,17,18,19,20). The van der Waals surface area contributed by atoms with E-state index in [-0.39, 0.29) is 0 Å². The van der Waals surface area contributed by atoms with E-state index in [1.807, 2.05) is 19.2 Å². The van der Waals surface area contributed by atoms with Crippen molar-refractivity contribution in [3.05, 3.63) is 40.5 Å². The molecule has 0 saturated carbocycles. The fraction of sp³-hybridized carbons (Fsp3) is 0.214. The summed E-state index contributed by atoms with van der Waals surface area (Å²) in [6, 6.07) is 6.12. The van der Waals surface area contributed by atoms with Crippen LogP contribution in [-0.2, 0) is 6.54 Å². The van der Waals surface area contributed by atoms with Crippen LogP contribution in [0.1, 0.15) is 16.1 Å². The molecule has 3 heterocycles. The second kappa shape index (κ2) is 5.63. The van der Waals surface area contributed by atoms with Gasteiger partial charge in [-0.3, -0.25) is 10.4 Å². The van der Waals surface area contributed by atoms with Gasteiger partial charge in [-0.2, -0.15) is 4.98 Å². The Labute approximate surface area is 126 Å². The lowest BCUT2D eigenvalue weighted by atomic mass is 10.2. The number of hydrogen-bond donors (Lipinski definition) is 3. The van der Waals surface area contributed by atoms with Crippen molar-refractivity contribution in [3.8, 4) is 0 Å². The number of nitrogen functional groups attached to an aromatic ring is 1. The van der Waals surface area contributed by atoms with Crippen molar-refractivity contribution in [1.82, 2.24) is 15.0 Å². The van der Waals surface area contributed by atoms with Crippen molar-refractivity contribution >= 4 is 33.3 Å². The van der Waals surface area contributed by atoms with E-state index in [9.17, 15) is 0 Å². The number of fused-ring (bicyclic) bond motifs is 1. The van der Waals surface area contributed by atoms with E-state index in [1.165, 1.54) is 4.88 Å². The van der Waals surface area contributed by atoms with Crippen molar-refractivity contribution in [1.29, 1.82) is 0 Å². The summed E-state index contributed by atoms with van der Waals surface area (Å²) in [7, 11) is 0. The molecular weight excluding hydrogens is 284 g/mol. The van der Waals surface area contributed by atoms with E-state index >= 15 is 0 Å². The molecule has 0 aromatic carbocycles. The maximum atomic E-state index is 5.43. The predicted molar refractivity (Wildman–Crippen MR) is 86.3 cm³/mol. The minimum Gasteiger partial charge on any atom is -0.365 e. The molecule has 4 N–H and O–H groups in total. The first kappa shape index (κ1) is 13.7. The number of rotatable bonds is 4. The van der Waals surface area contributed by atoms with Gasteiger partial charge in [0.1, 0.15) is 10.6 Å². The number of aryl methyl sites for hydroxylation is 2. The Bertz CT molecular complexity index is 765. The van der Waals surface area contributed by atoms with Crippen LogP contribution in [0.4, 0.5) is 11.8 Å². The van der Waals surface area contributed by atoms with Gasteiger partial charge >= 0.3 is 0 Å². The quantitative estimate of drug-likeness (QED) is 0.507. The Morgan fingerprint density at radius 3 is 2.81 bits per heavy atom. The molecule has 3 aromatic heterocycles. The summed E-state index contributed by atoms with van der Waals surface area (Å²) < 4.78 is 0. The van der Waals surface area contributed by atoms with Gasteiger partial charge in [0, 0.05) is 23.3 Å². The van der Waals surface area contributed by atoms with Gasteiger partial charge in [-0.25, -0.2) is 10.8 Å². The summed E-state index contributed by atoms with van der Waals surface area (Å²) in [6.45, 7) is 4.67. The number of thiophene rings is 1. The van der Waals surface area contributed by atoms with Crippen molar-refractivity contribution in [2.45, 2.75) is 20.4 Å². The molecule has 0 unspecified atom stereocenters. The van der Waals surface area contributed by atoms with Crippen LogP contribution in [0.2, 0.25) is 0 Å². The highest BCUT2D eigenvalue weighted by molar-refractivity contribution is 7.18. The molecule has 6 nitrogen and oxygen atoms in total. The highest BCUT2D eigenvalue weighted by atomic mass is 32.1. The largest absolute Gasteiger partial charge is 0.365 e. The molecule has 0 amide bonds. The molecule has 0 atom stereocenters. The lowest BCUT2D eigenvalue weighted by Crippen LogP contribution is -2.12. The van der Waals surface area contributed by atoms with Gasteiger partial charge in [0.2, 0.25) is 5.95 Å². The molecule has 108 valence electrons. The maximum absolute atomic E-state index is 5.43.